The molecule has 5 heteroatoms. The summed E-state index contributed by atoms with van der Waals surface area (Å²) in [5, 5.41) is 7.48. The molecule has 3 N–H and O–H groups in total. The highest BCUT2D eigenvalue weighted by Gasteiger charge is 2.16. The molecule has 0 fully saturated rings. The number of nitrogens with zero attached hydrogens (tertiary/aromatic N) is 1. The van der Waals surface area contributed by atoms with Gasteiger partial charge in [0.1, 0.15) is 5.84 Å². The highest BCUT2D eigenvalue weighted by molar-refractivity contribution is 6.03. The van der Waals surface area contributed by atoms with Crippen LogP contribution in [0.15, 0.2) is 24.3 Å². The number of nitrogens with two attached hydrogens (primary N) is 1. The second-order valence-corrected chi connectivity index (χ2v) is 4.46. The lowest BCUT2D eigenvalue weighted by Gasteiger charge is -2.20. The summed E-state index contributed by atoms with van der Waals surface area (Å²) in [4.78, 5) is 13.2. The molecule has 0 unspecified atom stereocenters. The minimum Gasteiger partial charge on any atom is -0.449 e. The number of benzene rings is 1. The van der Waals surface area contributed by atoms with E-state index in [1.165, 1.54) is 4.90 Å². The highest BCUT2D eigenvalue weighted by atomic mass is 16.6. The molecular weight excluding hydrogens is 230 g/mol. The van der Waals surface area contributed by atoms with Crippen molar-refractivity contribution in [2.75, 3.05) is 18.6 Å². The molecule has 0 aliphatic rings. The highest BCUT2D eigenvalue weighted by Crippen LogP contribution is 2.19. The number of carbonyl (C=O) groups is 1. The van der Waals surface area contributed by atoms with Gasteiger partial charge in [-0.15, -0.1) is 0 Å². The number of amides is 1. The fourth-order valence-electron chi connectivity index (χ4n) is 1.43. The van der Waals surface area contributed by atoms with Crippen LogP contribution in [-0.2, 0) is 4.74 Å². The Balaban J connectivity index is 2.86. The lowest BCUT2D eigenvalue weighted by Crippen LogP contribution is -2.30. The van der Waals surface area contributed by atoms with E-state index in [1.54, 1.807) is 31.3 Å². The molecule has 1 aromatic carbocycles. The van der Waals surface area contributed by atoms with Gasteiger partial charge in [-0.1, -0.05) is 26.0 Å². The van der Waals surface area contributed by atoms with Gasteiger partial charge in [-0.3, -0.25) is 10.3 Å². The smallest absolute Gasteiger partial charge is 0.414 e. The van der Waals surface area contributed by atoms with E-state index < -0.39 is 6.09 Å². The summed E-state index contributed by atoms with van der Waals surface area (Å²) in [6.07, 6.45) is -0.447. The summed E-state index contributed by atoms with van der Waals surface area (Å²) in [5.41, 5.74) is 6.56. The Kier molecular flexibility index (Phi) is 4.71. The van der Waals surface area contributed by atoms with Gasteiger partial charge in [0.05, 0.1) is 12.3 Å². The lowest BCUT2D eigenvalue weighted by molar-refractivity contribution is 0.141. The van der Waals surface area contributed by atoms with E-state index in [4.69, 9.17) is 15.9 Å². The monoisotopic (exact) mass is 249 g/mol. The Morgan fingerprint density at radius 3 is 2.61 bits per heavy atom. The van der Waals surface area contributed by atoms with Crippen LogP contribution in [0.4, 0.5) is 10.5 Å². The zero-order valence-corrected chi connectivity index (χ0v) is 10.9. The molecular formula is C13H19N3O2. The summed E-state index contributed by atoms with van der Waals surface area (Å²) >= 11 is 0. The maximum atomic E-state index is 11.8. The maximum Gasteiger partial charge on any atom is 0.414 e. The minimum absolute atomic E-state index is 0.0749. The van der Waals surface area contributed by atoms with Crippen molar-refractivity contribution in [2.24, 2.45) is 11.7 Å². The Morgan fingerprint density at radius 1 is 1.44 bits per heavy atom. The van der Waals surface area contributed by atoms with Crippen LogP contribution >= 0.6 is 0 Å². The second-order valence-electron chi connectivity index (χ2n) is 4.46. The maximum absolute atomic E-state index is 11.8. The van der Waals surface area contributed by atoms with Crippen molar-refractivity contribution in [3.63, 3.8) is 0 Å². The van der Waals surface area contributed by atoms with Gasteiger partial charge in [-0.05, 0) is 18.1 Å². The van der Waals surface area contributed by atoms with Crippen molar-refractivity contribution in [2.45, 2.75) is 13.8 Å². The van der Waals surface area contributed by atoms with Crippen LogP contribution < -0.4 is 10.6 Å². The number of hydrogen-bond acceptors (Lipinski definition) is 3. The third kappa shape index (κ3) is 3.48. The molecule has 18 heavy (non-hydrogen) atoms. The number of ether oxygens (including phenoxy) is 1. The molecule has 1 amide bonds. The topological polar surface area (TPSA) is 79.4 Å². The summed E-state index contributed by atoms with van der Waals surface area (Å²) in [6, 6.07) is 6.98. The van der Waals surface area contributed by atoms with Gasteiger partial charge in [-0.25, -0.2) is 4.79 Å². The van der Waals surface area contributed by atoms with Crippen LogP contribution in [-0.4, -0.2) is 25.6 Å². The van der Waals surface area contributed by atoms with Gasteiger partial charge in [0.25, 0.3) is 0 Å². The SMILES string of the molecule is CC(C)COC(=O)N(C)c1ccccc1C(=N)N. The van der Waals surface area contributed by atoms with Gasteiger partial charge in [0.2, 0.25) is 0 Å². The van der Waals surface area contributed by atoms with Gasteiger partial charge >= 0.3 is 6.09 Å². The Hall–Kier alpha value is -2.04. The van der Waals surface area contributed by atoms with Crippen LogP contribution in [0.5, 0.6) is 0 Å². The first kappa shape index (κ1) is 14.0. The molecule has 0 bridgehead atoms. The molecule has 0 aromatic heterocycles. The molecule has 0 saturated heterocycles. The zero-order chi connectivity index (χ0) is 13.7. The molecule has 0 saturated carbocycles. The van der Waals surface area contributed by atoms with Crippen molar-refractivity contribution < 1.29 is 9.53 Å². The van der Waals surface area contributed by atoms with E-state index in [1.807, 2.05) is 13.8 Å². The van der Waals surface area contributed by atoms with E-state index in [2.05, 4.69) is 0 Å². The van der Waals surface area contributed by atoms with Gasteiger partial charge in [0, 0.05) is 12.6 Å². The van der Waals surface area contributed by atoms with Crippen molar-refractivity contribution >= 4 is 17.6 Å². The Labute approximate surface area is 107 Å². The molecule has 0 aliphatic heterocycles. The first-order valence-electron chi connectivity index (χ1n) is 5.77. The third-order valence-electron chi connectivity index (χ3n) is 2.37. The number of carbonyl (C=O) groups excluding carboxylic acids is 1. The van der Waals surface area contributed by atoms with Crippen LogP contribution in [0.2, 0.25) is 0 Å². The van der Waals surface area contributed by atoms with E-state index in [0.717, 1.165) is 0 Å². The zero-order valence-electron chi connectivity index (χ0n) is 10.9. The van der Waals surface area contributed by atoms with E-state index in [0.29, 0.717) is 17.9 Å². The largest absolute Gasteiger partial charge is 0.449 e. The summed E-state index contributed by atoms with van der Waals surface area (Å²) in [6.45, 7) is 4.30. The van der Waals surface area contributed by atoms with Gasteiger partial charge in [0.15, 0.2) is 0 Å². The molecule has 98 valence electrons. The van der Waals surface area contributed by atoms with Crippen LogP contribution in [0.3, 0.4) is 0 Å². The molecule has 0 heterocycles. The third-order valence-corrected chi connectivity index (χ3v) is 2.37. The van der Waals surface area contributed by atoms with Crippen molar-refractivity contribution in [3.05, 3.63) is 29.8 Å². The van der Waals surface area contributed by atoms with E-state index in [9.17, 15) is 4.79 Å². The number of anilines is 1. The summed E-state index contributed by atoms with van der Waals surface area (Å²) in [5.74, 6) is 0.208. The van der Waals surface area contributed by atoms with Gasteiger partial charge in [-0.2, -0.15) is 0 Å². The number of para-hydroxylation sites is 1. The number of nitrogen functional groups attached to an aromatic ring is 1. The molecule has 1 aromatic rings. The average molecular weight is 249 g/mol. The van der Waals surface area contributed by atoms with Crippen molar-refractivity contribution in [3.8, 4) is 0 Å². The molecule has 5 nitrogen and oxygen atoms in total. The van der Waals surface area contributed by atoms with Crippen LogP contribution in [0.25, 0.3) is 0 Å². The average Bonchev–Trinajstić information content (AvgIpc) is 2.34. The predicted octanol–water partition coefficient (Wildman–Crippen LogP) is 2.20. The van der Waals surface area contributed by atoms with Gasteiger partial charge < -0.3 is 10.5 Å². The quantitative estimate of drug-likeness (QED) is 0.634. The van der Waals surface area contributed by atoms with E-state index >= 15 is 0 Å². The van der Waals surface area contributed by atoms with Crippen molar-refractivity contribution in [1.82, 2.24) is 0 Å². The molecule has 0 radical (unpaired) electrons. The van der Waals surface area contributed by atoms with Crippen LogP contribution in [0, 0.1) is 11.3 Å². The van der Waals surface area contributed by atoms with E-state index in [-0.39, 0.29) is 11.8 Å². The molecule has 0 atom stereocenters. The number of hydrogen-bond donors (Lipinski definition) is 2. The Bertz CT molecular complexity index is 444. The number of rotatable bonds is 4. The fraction of sp³-hybridized carbons (Fsp3) is 0.385. The normalized spacial score (nSPS) is 10.2. The first-order chi connectivity index (χ1) is 8.43. The number of amidine groups is 1. The Morgan fingerprint density at radius 2 is 2.06 bits per heavy atom. The molecule has 0 aliphatic carbocycles. The minimum atomic E-state index is -0.447. The lowest BCUT2D eigenvalue weighted by atomic mass is 10.1. The number of nitrogens with one attached hydrogen (secondary N) is 1. The molecule has 0 spiro atoms. The predicted molar refractivity (Wildman–Crippen MR) is 72.0 cm³/mol. The molecule has 1 rings (SSSR count). The first-order valence-corrected chi connectivity index (χ1v) is 5.77. The van der Waals surface area contributed by atoms with Crippen molar-refractivity contribution in [1.29, 1.82) is 5.41 Å². The van der Waals surface area contributed by atoms with Crippen LogP contribution in [0.1, 0.15) is 19.4 Å². The standard InChI is InChI=1S/C13H19N3O2/c1-9(2)8-18-13(17)16(3)11-7-5-4-6-10(11)12(14)15/h4-7,9H,8H2,1-3H3,(H3,14,15). The second kappa shape index (κ2) is 6.05. The fourth-order valence-corrected chi connectivity index (χ4v) is 1.43. The summed E-state index contributed by atoms with van der Waals surface area (Å²) in [7, 11) is 1.60. The summed E-state index contributed by atoms with van der Waals surface area (Å²) < 4.78 is 5.13.